The van der Waals surface area contributed by atoms with E-state index in [-0.39, 0.29) is 30.3 Å². The summed E-state index contributed by atoms with van der Waals surface area (Å²) in [5, 5.41) is 4.12. The van der Waals surface area contributed by atoms with Crippen molar-refractivity contribution >= 4 is 11.2 Å². The molecule has 0 aliphatic carbocycles. The number of rotatable bonds is 7. The molecule has 1 aromatic carbocycles. The van der Waals surface area contributed by atoms with Gasteiger partial charge in [-0.05, 0) is 24.1 Å². The van der Waals surface area contributed by atoms with Crippen molar-refractivity contribution in [2.45, 2.75) is 32.5 Å². The number of halogens is 2. The third-order valence-corrected chi connectivity index (χ3v) is 4.49. The van der Waals surface area contributed by atoms with E-state index in [4.69, 9.17) is 4.42 Å². The van der Waals surface area contributed by atoms with E-state index < -0.39 is 11.9 Å². The van der Waals surface area contributed by atoms with E-state index in [1.165, 1.54) is 29.4 Å². The molecule has 10 nitrogen and oxygen atoms in total. The molecular weight excluding hydrogens is 414 g/mol. The highest BCUT2D eigenvalue weighted by Crippen LogP contribution is 2.21. The van der Waals surface area contributed by atoms with Crippen LogP contribution in [0.15, 0.2) is 50.9 Å². The van der Waals surface area contributed by atoms with Crippen LogP contribution in [0.4, 0.5) is 8.78 Å². The molecule has 0 radical (unpaired) electrons. The largest absolute Gasteiger partial charge is 0.437 e. The number of ether oxygens (including phenoxy) is 1. The lowest BCUT2D eigenvalue weighted by atomic mass is 10.1. The lowest BCUT2D eigenvalue weighted by Crippen LogP contribution is -2.22. The number of imidazole rings is 1. The van der Waals surface area contributed by atoms with Crippen molar-refractivity contribution in [1.82, 2.24) is 28.9 Å². The Hall–Kier alpha value is -3.83. The highest BCUT2D eigenvalue weighted by atomic mass is 19.3. The summed E-state index contributed by atoms with van der Waals surface area (Å²) in [5.41, 5.74) is 1.12. The van der Waals surface area contributed by atoms with Crippen LogP contribution in [0.3, 0.4) is 0 Å². The van der Waals surface area contributed by atoms with E-state index in [0.29, 0.717) is 24.5 Å². The van der Waals surface area contributed by atoms with Gasteiger partial charge in [-0.1, -0.05) is 12.1 Å². The maximum Gasteiger partial charge on any atom is 0.437 e. The van der Waals surface area contributed by atoms with Crippen molar-refractivity contribution in [1.29, 1.82) is 0 Å². The summed E-state index contributed by atoms with van der Waals surface area (Å²) in [4.78, 5) is 32.8. The minimum Gasteiger partial charge on any atom is -0.433 e. The first-order chi connectivity index (χ1) is 14.7. The minimum atomic E-state index is -3.26. The van der Waals surface area contributed by atoms with Crippen molar-refractivity contribution < 1.29 is 17.9 Å². The van der Waals surface area contributed by atoms with Gasteiger partial charge in [-0.15, -0.1) is 5.10 Å². The molecule has 4 aromatic rings. The van der Waals surface area contributed by atoms with E-state index in [1.54, 1.807) is 23.7 Å². The molecule has 0 saturated carbocycles. The molecule has 0 aliphatic heterocycles. The Morgan fingerprint density at radius 3 is 2.55 bits per heavy atom. The van der Waals surface area contributed by atoms with E-state index >= 15 is 0 Å². The molecule has 4 rings (SSSR count). The van der Waals surface area contributed by atoms with E-state index in [1.807, 2.05) is 0 Å². The van der Waals surface area contributed by atoms with Crippen molar-refractivity contribution in [2.24, 2.45) is 7.05 Å². The molecule has 0 aliphatic rings. The monoisotopic (exact) mass is 432 g/mol. The topological polar surface area (TPSA) is 110 Å². The van der Waals surface area contributed by atoms with Gasteiger partial charge in [0.15, 0.2) is 11.2 Å². The Labute approximate surface area is 173 Å². The lowest BCUT2D eigenvalue weighted by Gasteiger charge is -2.13. The second-order valence-electron chi connectivity index (χ2n) is 6.99. The summed E-state index contributed by atoms with van der Waals surface area (Å²) in [6, 6.07) is 6.11. The first-order valence-electron chi connectivity index (χ1n) is 9.29. The van der Waals surface area contributed by atoms with Crippen LogP contribution in [-0.2, 0) is 26.6 Å². The molecule has 0 fully saturated rings. The number of hydrogen-bond acceptors (Lipinski definition) is 7. The maximum atomic E-state index is 12.9. The zero-order valence-corrected chi connectivity index (χ0v) is 16.7. The Bertz CT molecular complexity index is 1330. The lowest BCUT2D eigenvalue weighted by molar-refractivity contribution is -0.158. The van der Waals surface area contributed by atoms with Gasteiger partial charge in [0.25, 0.3) is 5.56 Å². The number of benzene rings is 1. The minimum absolute atomic E-state index is 0.0431. The maximum absolute atomic E-state index is 12.9. The molecule has 0 atom stereocenters. The van der Waals surface area contributed by atoms with Crippen LogP contribution < -0.4 is 16.1 Å². The van der Waals surface area contributed by atoms with Crippen molar-refractivity contribution in [2.75, 3.05) is 0 Å². The van der Waals surface area contributed by atoms with Crippen LogP contribution >= 0.6 is 0 Å². The van der Waals surface area contributed by atoms with Crippen molar-refractivity contribution in [3.8, 4) is 5.75 Å². The molecule has 0 saturated heterocycles. The van der Waals surface area contributed by atoms with Gasteiger partial charge in [0.2, 0.25) is 5.89 Å². The van der Waals surface area contributed by atoms with Crippen LogP contribution in [0, 0.1) is 0 Å². The predicted molar refractivity (Wildman–Crippen MR) is 104 cm³/mol. The summed E-state index contributed by atoms with van der Waals surface area (Å²) in [7, 11) is 1.68. The van der Waals surface area contributed by atoms with Crippen molar-refractivity contribution in [3.05, 3.63) is 69.3 Å². The van der Waals surface area contributed by atoms with Gasteiger partial charge < -0.3 is 13.7 Å². The predicted octanol–water partition coefficient (Wildman–Crippen LogP) is 1.56. The molecule has 0 amide bonds. The van der Waals surface area contributed by atoms with Gasteiger partial charge in [-0.25, -0.2) is 14.8 Å². The summed E-state index contributed by atoms with van der Waals surface area (Å²) >= 11 is 0. The number of aromatic nitrogens is 6. The summed E-state index contributed by atoms with van der Waals surface area (Å²) < 4.78 is 39.4. The second kappa shape index (κ2) is 7.78. The number of aryl methyl sites for hydroxylation is 3. The third-order valence-electron chi connectivity index (χ3n) is 4.49. The number of fused-ring (bicyclic) bond motifs is 1. The third kappa shape index (κ3) is 4.52. The first-order valence-corrected chi connectivity index (χ1v) is 9.29. The fourth-order valence-corrected chi connectivity index (χ4v) is 3.05. The Kier molecular flexibility index (Phi) is 5.13. The molecular formula is C19H18F2N6O4. The fraction of sp³-hybridized carbons (Fsp3) is 0.316. The van der Waals surface area contributed by atoms with E-state index in [2.05, 4.69) is 19.8 Å². The number of nitrogens with zero attached hydrogens (tertiary/aromatic N) is 6. The van der Waals surface area contributed by atoms with Crippen LogP contribution in [0.25, 0.3) is 11.2 Å². The molecule has 0 bridgehead atoms. The van der Waals surface area contributed by atoms with Gasteiger partial charge in [-0.3, -0.25) is 9.36 Å². The molecule has 162 valence electrons. The Morgan fingerprint density at radius 2 is 1.84 bits per heavy atom. The quantitative estimate of drug-likeness (QED) is 0.436. The number of hydrogen-bond donors (Lipinski definition) is 0. The normalized spacial score (nSPS) is 11.9. The van der Waals surface area contributed by atoms with Gasteiger partial charge in [0, 0.05) is 14.0 Å². The van der Waals surface area contributed by atoms with E-state index in [9.17, 15) is 18.4 Å². The van der Waals surface area contributed by atoms with Gasteiger partial charge in [0.1, 0.15) is 18.6 Å². The summed E-state index contributed by atoms with van der Waals surface area (Å²) in [5.74, 6) is -0.561. The number of alkyl halides is 2. The zero-order valence-electron chi connectivity index (χ0n) is 16.7. The Balaban J connectivity index is 1.45. The van der Waals surface area contributed by atoms with E-state index in [0.717, 1.165) is 10.2 Å². The zero-order chi connectivity index (χ0) is 22.2. The molecule has 0 spiro atoms. The van der Waals surface area contributed by atoms with Gasteiger partial charge in [0.05, 0.1) is 12.9 Å². The summed E-state index contributed by atoms with van der Waals surface area (Å²) in [6.45, 7) is 0.807. The first kappa shape index (κ1) is 20.4. The second-order valence-corrected chi connectivity index (χ2v) is 6.99. The van der Waals surface area contributed by atoms with Crippen LogP contribution in [0.2, 0.25) is 0 Å². The van der Waals surface area contributed by atoms with Crippen LogP contribution in [0.1, 0.15) is 18.4 Å². The Morgan fingerprint density at radius 1 is 1.13 bits per heavy atom. The molecule has 0 N–H and O–H groups in total. The molecule has 3 aromatic heterocycles. The average Bonchev–Trinajstić information content (AvgIpc) is 3.25. The molecule has 3 heterocycles. The fourth-order valence-electron chi connectivity index (χ4n) is 3.05. The van der Waals surface area contributed by atoms with Crippen LogP contribution in [-0.4, -0.2) is 35.0 Å². The smallest absolute Gasteiger partial charge is 0.433 e. The highest BCUT2D eigenvalue weighted by Gasteiger charge is 2.22. The molecule has 12 heteroatoms. The SMILES string of the molecule is Cn1cnc2ncn(Cc3nn(CCc4ccc(OC(C)(F)F)cc4)c(=O)o3)c(=O)c21. The van der Waals surface area contributed by atoms with Gasteiger partial charge >= 0.3 is 11.9 Å². The molecule has 31 heavy (non-hydrogen) atoms. The van der Waals surface area contributed by atoms with Crippen molar-refractivity contribution in [3.63, 3.8) is 0 Å². The molecule has 0 unspecified atom stereocenters. The van der Waals surface area contributed by atoms with Gasteiger partial charge in [-0.2, -0.15) is 13.5 Å². The average molecular weight is 432 g/mol. The highest BCUT2D eigenvalue weighted by molar-refractivity contribution is 5.68. The summed E-state index contributed by atoms with van der Waals surface area (Å²) in [6.07, 6.45) is -0.0350. The standard InChI is InChI=1S/C19H18F2N6O4/c1-19(20,21)31-13-5-3-12(4-6-13)7-8-27-18(29)30-14(24-27)9-26-11-23-16-15(17(26)28)25(2)10-22-16/h3-6,10-11H,7-9H2,1-2H3. The van der Waals surface area contributed by atoms with Crippen LogP contribution in [0.5, 0.6) is 5.75 Å².